The first-order chi connectivity index (χ1) is 16.3. The van der Waals surface area contributed by atoms with Crippen LogP contribution in [0.5, 0.6) is 0 Å². The number of alkyl halides is 3. The van der Waals surface area contributed by atoms with E-state index in [4.69, 9.17) is 0 Å². The second kappa shape index (κ2) is 13.0. The van der Waals surface area contributed by atoms with E-state index in [1.807, 2.05) is 6.92 Å². The molecule has 35 heavy (non-hydrogen) atoms. The monoisotopic (exact) mass is 516 g/mol. The van der Waals surface area contributed by atoms with E-state index in [1.165, 1.54) is 6.20 Å². The summed E-state index contributed by atoms with van der Waals surface area (Å²) in [6.45, 7) is 12.9. The van der Waals surface area contributed by atoms with Crippen molar-refractivity contribution in [3.05, 3.63) is 36.3 Å². The van der Waals surface area contributed by atoms with Gasteiger partial charge >= 0.3 is 6.18 Å². The van der Waals surface area contributed by atoms with Gasteiger partial charge in [-0.3, -0.25) is 9.98 Å². The number of nitrogens with one attached hydrogen (secondary N) is 2. The van der Waals surface area contributed by atoms with Crippen molar-refractivity contribution in [2.24, 2.45) is 22.7 Å². The summed E-state index contributed by atoms with van der Waals surface area (Å²) in [7, 11) is -3.27. The Labute approximate surface area is 207 Å². The third-order valence-corrected chi connectivity index (χ3v) is 8.29. The van der Waals surface area contributed by atoms with Crippen molar-refractivity contribution in [1.82, 2.24) is 15.6 Å². The highest BCUT2D eigenvalue weighted by Gasteiger charge is 2.41. The number of aromatic nitrogens is 1. The van der Waals surface area contributed by atoms with Crippen LogP contribution in [0, 0.1) is 17.8 Å². The lowest BCUT2D eigenvalue weighted by atomic mass is 9.81. The number of nitrogens with zero attached hydrogens (tertiary/aromatic N) is 2. The summed E-state index contributed by atoms with van der Waals surface area (Å²) < 4.78 is 62.5. The van der Waals surface area contributed by atoms with Crippen LogP contribution in [0.15, 0.2) is 40.5 Å². The van der Waals surface area contributed by atoms with Crippen molar-refractivity contribution in [3.63, 3.8) is 0 Å². The van der Waals surface area contributed by atoms with E-state index >= 15 is 0 Å². The predicted octanol–water partition coefficient (Wildman–Crippen LogP) is 4.92. The van der Waals surface area contributed by atoms with Crippen LogP contribution in [0.25, 0.3) is 0 Å². The molecule has 1 aliphatic rings. The van der Waals surface area contributed by atoms with Gasteiger partial charge in [-0.1, -0.05) is 27.4 Å². The number of hydrogen-bond donors (Lipinski definition) is 2. The maximum atomic E-state index is 12.9. The number of pyridine rings is 1. The van der Waals surface area contributed by atoms with Gasteiger partial charge in [0.05, 0.1) is 34.0 Å². The Balaban J connectivity index is 1.81. The van der Waals surface area contributed by atoms with E-state index < -0.39 is 21.9 Å². The molecule has 1 fully saturated rings. The van der Waals surface area contributed by atoms with Gasteiger partial charge in [0.25, 0.3) is 0 Å². The molecule has 1 aromatic rings. The largest absolute Gasteiger partial charge is 0.391 e. The Morgan fingerprint density at radius 2 is 1.86 bits per heavy atom. The molecule has 6 nitrogen and oxygen atoms in total. The highest BCUT2D eigenvalue weighted by molar-refractivity contribution is 7.91. The maximum absolute atomic E-state index is 12.9. The zero-order valence-electron chi connectivity index (χ0n) is 21.1. The fraction of sp³-hybridized carbons (Fsp3) is 0.680. The van der Waals surface area contributed by atoms with E-state index in [1.54, 1.807) is 25.3 Å². The van der Waals surface area contributed by atoms with Crippen molar-refractivity contribution in [2.75, 3.05) is 12.3 Å². The highest BCUT2D eigenvalue weighted by Crippen LogP contribution is 2.39. The molecule has 0 saturated heterocycles. The van der Waals surface area contributed by atoms with E-state index in [9.17, 15) is 21.6 Å². The van der Waals surface area contributed by atoms with Crippen LogP contribution >= 0.6 is 0 Å². The molecule has 2 atom stereocenters. The molecular formula is C25H39F3N4O2S. The maximum Gasteiger partial charge on any atom is 0.391 e. The molecule has 2 N–H and O–H groups in total. The number of sulfone groups is 1. The Kier molecular flexibility index (Phi) is 10.9. The summed E-state index contributed by atoms with van der Waals surface area (Å²) >= 11 is 0. The smallest absolute Gasteiger partial charge is 0.308 e. The summed E-state index contributed by atoms with van der Waals surface area (Å²) in [6, 6.07) is 3.13. The second-order valence-electron chi connectivity index (χ2n) is 9.72. The quantitative estimate of drug-likeness (QED) is 0.385. The van der Waals surface area contributed by atoms with E-state index in [2.05, 4.69) is 41.0 Å². The third kappa shape index (κ3) is 9.31. The minimum Gasteiger partial charge on any atom is -0.308 e. The first-order valence-corrected chi connectivity index (χ1v) is 13.9. The van der Waals surface area contributed by atoms with Crippen molar-refractivity contribution < 1.29 is 21.6 Å². The fourth-order valence-corrected chi connectivity index (χ4v) is 5.02. The highest BCUT2D eigenvalue weighted by atomic mass is 32.2. The molecule has 10 heteroatoms. The third-order valence-electron chi connectivity index (χ3n) is 6.57. The molecule has 1 aliphatic carbocycles. The van der Waals surface area contributed by atoms with Gasteiger partial charge in [-0.2, -0.15) is 13.2 Å². The summed E-state index contributed by atoms with van der Waals surface area (Å²) in [6.07, 6.45) is 0.639. The minimum absolute atomic E-state index is 0.0368. The van der Waals surface area contributed by atoms with Crippen molar-refractivity contribution >= 4 is 16.1 Å². The number of aliphatic imine (C=N–C) groups is 1. The average molecular weight is 517 g/mol. The summed E-state index contributed by atoms with van der Waals surface area (Å²) in [4.78, 5) is 8.97. The standard InChI is InChI=1S/C25H39F3N4O2S/c1-6-35(33,34)23-12-11-22(31-16-23)15-29-18(4)13-30-19(5)24(17(2)3)32-14-20-7-9-21(10-8-20)25(26,27)28/h11-13,16-18,20-21,24,29,32H,5-10,14-15H2,1-4H3/b30-13-/t18?,20-,21-,24-/m0/s1. The SMILES string of the molecule is C=C(/N=C\C(C)NCc1ccc(S(=O)(=O)CC)cn1)[C@@H](NC[C@H]1CC[C@H](C(F)(F)F)CC1)C(C)C. The zero-order valence-corrected chi connectivity index (χ0v) is 21.9. The molecule has 1 unspecified atom stereocenters. The van der Waals surface area contributed by atoms with Gasteiger partial charge in [0.15, 0.2) is 9.84 Å². The molecule has 2 rings (SSSR count). The molecule has 1 aromatic heterocycles. The number of hydrogen-bond acceptors (Lipinski definition) is 6. The first-order valence-electron chi connectivity index (χ1n) is 12.3. The van der Waals surface area contributed by atoms with Gasteiger partial charge in [0, 0.05) is 25.0 Å². The topological polar surface area (TPSA) is 83.5 Å². The summed E-state index contributed by atoms with van der Waals surface area (Å²) in [5.74, 6) is -0.657. The van der Waals surface area contributed by atoms with Crippen molar-refractivity contribution in [2.45, 2.75) is 83.1 Å². The summed E-state index contributed by atoms with van der Waals surface area (Å²) in [5, 5.41) is 6.75. The van der Waals surface area contributed by atoms with Crippen molar-refractivity contribution in [1.29, 1.82) is 0 Å². The fourth-order valence-electron chi connectivity index (χ4n) is 4.20. The van der Waals surface area contributed by atoms with Crippen LogP contribution in [0.2, 0.25) is 0 Å². The van der Waals surface area contributed by atoms with Gasteiger partial charge in [-0.15, -0.1) is 0 Å². The molecule has 1 heterocycles. The molecular weight excluding hydrogens is 477 g/mol. The van der Waals surface area contributed by atoms with Crippen LogP contribution in [-0.2, 0) is 16.4 Å². The molecule has 1 saturated carbocycles. The van der Waals surface area contributed by atoms with Crippen LogP contribution in [0.3, 0.4) is 0 Å². The lowest BCUT2D eigenvalue weighted by Crippen LogP contribution is -2.40. The van der Waals surface area contributed by atoms with Gasteiger partial charge in [-0.25, -0.2) is 8.42 Å². The van der Waals surface area contributed by atoms with Crippen LogP contribution < -0.4 is 10.6 Å². The Hall–Kier alpha value is -1.78. The molecule has 0 radical (unpaired) electrons. The molecule has 198 valence electrons. The lowest BCUT2D eigenvalue weighted by molar-refractivity contribution is -0.183. The zero-order chi connectivity index (χ0) is 26.2. The number of halogens is 3. The lowest BCUT2D eigenvalue weighted by Gasteiger charge is -2.32. The molecule has 0 aliphatic heterocycles. The second-order valence-corrected chi connectivity index (χ2v) is 12.0. The van der Waals surface area contributed by atoms with Gasteiger partial charge in [0.1, 0.15) is 0 Å². The van der Waals surface area contributed by atoms with E-state index in [0.29, 0.717) is 31.6 Å². The van der Waals surface area contributed by atoms with Gasteiger partial charge in [-0.05, 0) is 63.1 Å². The molecule has 0 spiro atoms. The number of rotatable bonds is 12. The van der Waals surface area contributed by atoms with Gasteiger partial charge in [0.2, 0.25) is 0 Å². The van der Waals surface area contributed by atoms with Crippen LogP contribution in [-0.4, -0.2) is 50.2 Å². The normalized spacial score (nSPS) is 21.4. The molecule has 0 amide bonds. The first kappa shape index (κ1) is 29.5. The van der Waals surface area contributed by atoms with Crippen molar-refractivity contribution in [3.8, 4) is 0 Å². The van der Waals surface area contributed by atoms with Crippen LogP contribution in [0.1, 0.15) is 59.1 Å². The predicted molar refractivity (Wildman–Crippen MR) is 134 cm³/mol. The Morgan fingerprint density at radius 1 is 1.20 bits per heavy atom. The molecule has 0 bridgehead atoms. The van der Waals surface area contributed by atoms with E-state index in [0.717, 1.165) is 5.69 Å². The van der Waals surface area contributed by atoms with E-state index in [-0.39, 0.29) is 47.4 Å². The Bertz CT molecular complexity index is 938. The van der Waals surface area contributed by atoms with Crippen LogP contribution in [0.4, 0.5) is 13.2 Å². The minimum atomic E-state index is -4.08. The summed E-state index contributed by atoms with van der Waals surface area (Å²) in [5.41, 5.74) is 1.41. The molecule has 0 aromatic carbocycles. The Morgan fingerprint density at radius 3 is 2.37 bits per heavy atom. The average Bonchev–Trinajstić information content (AvgIpc) is 2.81. The van der Waals surface area contributed by atoms with Gasteiger partial charge < -0.3 is 10.6 Å².